The lowest BCUT2D eigenvalue weighted by Crippen LogP contribution is -2.44. The molecule has 6 nitrogen and oxygen atoms in total. The second kappa shape index (κ2) is 10.2. The zero-order chi connectivity index (χ0) is 17.5. The lowest BCUT2D eigenvalue weighted by molar-refractivity contribution is 0.612. The van der Waals surface area contributed by atoms with Gasteiger partial charge in [-0.15, -0.1) is 24.0 Å². The number of rotatable bonds is 5. The highest BCUT2D eigenvalue weighted by Gasteiger charge is 2.25. The van der Waals surface area contributed by atoms with Gasteiger partial charge < -0.3 is 15.5 Å². The number of hydrogen-bond donors (Lipinski definition) is 2. The van der Waals surface area contributed by atoms with Crippen molar-refractivity contribution in [3.8, 4) is 0 Å². The normalized spacial score (nSPS) is 16.9. The summed E-state index contributed by atoms with van der Waals surface area (Å²) in [7, 11) is 0. The van der Waals surface area contributed by atoms with Crippen LogP contribution >= 0.6 is 24.0 Å². The fourth-order valence-electron chi connectivity index (χ4n) is 2.85. The molecule has 26 heavy (non-hydrogen) atoms. The highest BCUT2D eigenvalue weighted by atomic mass is 127. The van der Waals surface area contributed by atoms with E-state index in [-0.39, 0.29) is 35.8 Å². The van der Waals surface area contributed by atoms with Gasteiger partial charge in [0.05, 0.1) is 12.2 Å². The predicted molar refractivity (Wildman–Crippen MR) is 112 cm³/mol. The van der Waals surface area contributed by atoms with Crippen molar-refractivity contribution >= 4 is 35.8 Å². The molecule has 1 fully saturated rings. The van der Waals surface area contributed by atoms with Crippen LogP contribution in [0.15, 0.2) is 47.7 Å². The summed E-state index contributed by atoms with van der Waals surface area (Å²) in [6, 6.07) is 9.05. The van der Waals surface area contributed by atoms with E-state index in [1.807, 2.05) is 30.0 Å². The number of pyridine rings is 2. The number of guanidine groups is 1. The van der Waals surface area contributed by atoms with E-state index in [0.717, 1.165) is 31.2 Å². The van der Waals surface area contributed by atoms with Crippen LogP contribution < -0.4 is 15.5 Å². The van der Waals surface area contributed by atoms with E-state index in [1.165, 1.54) is 6.07 Å². The Balaban J connectivity index is 0.00000243. The first-order valence-corrected chi connectivity index (χ1v) is 8.56. The fraction of sp³-hybridized carbons (Fsp3) is 0.389. The number of hydrogen-bond acceptors (Lipinski definition) is 4. The third-order valence-corrected chi connectivity index (χ3v) is 4.04. The quantitative estimate of drug-likeness (QED) is 0.400. The Bertz CT molecular complexity index is 712. The van der Waals surface area contributed by atoms with E-state index in [9.17, 15) is 4.39 Å². The topological polar surface area (TPSA) is 65.4 Å². The molecule has 1 unspecified atom stereocenters. The van der Waals surface area contributed by atoms with Gasteiger partial charge >= 0.3 is 0 Å². The van der Waals surface area contributed by atoms with E-state index in [0.29, 0.717) is 18.9 Å². The molecule has 2 N–H and O–H groups in total. The van der Waals surface area contributed by atoms with Gasteiger partial charge in [-0.3, -0.25) is 4.98 Å². The molecule has 3 rings (SSSR count). The number of anilines is 1. The summed E-state index contributed by atoms with van der Waals surface area (Å²) in [5.41, 5.74) is 0.920. The lowest BCUT2D eigenvalue weighted by atomic mass is 10.3. The van der Waals surface area contributed by atoms with Gasteiger partial charge in [-0.05, 0) is 37.6 Å². The van der Waals surface area contributed by atoms with Gasteiger partial charge in [-0.25, -0.2) is 14.4 Å². The molecular weight excluding hydrogens is 446 g/mol. The highest BCUT2D eigenvalue weighted by Crippen LogP contribution is 2.20. The molecule has 0 aliphatic carbocycles. The van der Waals surface area contributed by atoms with E-state index >= 15 is 0 Å². The first-order chi connectivity index (χ1) is 12.3. The van der Waals surface area contributed by atoms with Crippen LogP contribution in [0, 0.1) is 5.82 Å². The summed E-state index contributed by atoms with van der Waals surface area (Å²) < 4.78 is 13.9. The van der Waals surface area contributed by atoms with Gasteiger partial charge in [0, 0.05) is 38.1 Å². The molecule has 0 amide bonds. The molecule has 3 heterocycles. The molecule has 0 spiro atoms. The van der Waals surface area contributed by atoms with Crippen LogP contribution in [0.3, 0.4) is 0 Å². The van der Waals surface area contributed by atoms with Crippen molar-refractivity contribution in [2.45, 2.75) is 25.9 Å². The first-order valence-electron chi connectivity index (χ1n) is 8.56. The second-order valence-electron chi connectivity index (χ2n) is 5.90. The van der Waals surface area contributed by atoms with Gasteiger partial charge in [0.15, 0.2) is 17.6 Å². The first kappa shape index (κ1) is 20.3. The molecule has 2 aromatic heterocycles. The summed E-state index contributed by atoms with van der Waals surface area (Å²) in [4.78, 5) is 15.0. The van der Waals surface area contributed by atoms with Gasteiger partial charge in [-0.2, -0.15) is 0 Å². The molecule has 8 heteroatoms. The summed E-state index contributed by atoms with van der Waals surface area (Å²) in [6.45, 7) is 4.79. The minimum atomic E-state index is -0.279. The van der Waals surface area contributed by atoms with Crippen LogP contribution in [0.2, 0.25) is 0 Å². The third-order valence-electron chi connectivity index (χ3n) is 4.04. The van der Waals surface area contributed by atoms with Crippen LogP contribution in [0.5, 0.6) is 0 Å². The predicted octanol–water partition coefficient (Wildman–Crippen LogP) is 2.57. The number of halogens is 2. The SMILES string of the molecule is CCNC(=NCc1ccccn1)NC1CCN(c2ncccc2F)C1.I. The maximum atomic E-state index is 13.9. The molecule has 1 aliphatic rings. The van der Waals surface area contributed by atoms with E-state index in [2.05, 4.69) is 25.6 Å². The second-order valence-corrected chi connectivity index (χ2v) is 5.90. The monoisotopic (exact) mass is 470 g/mol. The molecule has 1 saturated heterocycles. The maximum absolute atomic E-state index is 13.9. The zero-order valence-corrected chi connectivity index (χ0v) is 17.1. The zero-order valence-electron chi connectivity index (χ0n) is 14.7. The standard InChI is InChI=1S/C18H23FN6.HI/c1-2-20-18(23-12-14-6-3-4-9-21-14)24-15-8-11-25(13-15)17-16(19)7-5-10-22-17;/h3-7,9-10,15H,2,8,11-13H2,1H3,(H2,20,23,24);1H. The average molecular weight is 470 g/mol. The Morgan fingerprint density at radius 1 is 1.27 bits per heavy atom. The van der Waals surface area contributed by atoms with Crippen molar-refractivity contribution in [3.05, 3.63) is 54.2 Å². The largest absolute Gasteiger partial charge is 0.357 e. The van der Waals surface area contributed by atoms with Gasteiger partial charge in [0.25, 0.3) is 0 Å². The molecule has 1 aliphatic heterocycles. The average Bonchev–Trinajstić information content (AvgIpc) is 3.09. The molecule has 140 valence electrons. The number of aromatic nitrogens is 2. The lowest BCUT2D eigenvalue weighted by Gasteiger charge is -2.19. The van der Waals surface area contributed by atoms with E-state index < -0.39 is 0 Å². The van der Waals surface area contributed by atoms with Crippen molar-refractivity contribution in [1.29, 1.82) is 0 Å². The Morgan fingerprint density at radius 3 is 2.85 bits per heavy atom. The maximum Gasteiger partial charge on any atom is 0.191 e. The molecule has 0 radical (unpaired) electrons. The van der Waals surface area contributed by atoms with Crippen molar-refractivity contribution in [2.24, 2.45) is 4.99 Å². The van der Waals surface area contributed by atoms with Gasteiger partial charge in [0.2, 0.25) is 0 Å². The van der Waals surface area contributed by atoms with E-state index in [1.54, 1.807) is 18.5 Å². The minimum absolute atomic E-state index is 0. The Kier molecular flexibility index (Phi) is 8.02. The fourth-order valence-corrected chi connectivity index (χ4v) is 2.85. The van der Waals surface area contributed by atoms with Crippen molar-refractivity contribution in [2.75, 3.05) is 24.5 Å². The molecule has 2 aromatic rings. The van der Waals surface area contributed by atoms with Gasteiger partial charge in [0.1, 0.15) is 0 Å². The van der Waals surface area contributed by atoms with Crippen LogP contribution in [0.1, 0.15) is 19.0 Å². The number of aliphatic imine (C=N–C) groups is 1. The third kappa shape index (κ3) is 5.52. The number of nitrogens with one attached hydrogen (secondary N) is 2. The van der Waals surface area contributed by atoms with Crippen molar-refractivity contribution < 1.29 is 4.39 Å². The molecule has 0 saturated carbocycles. The summed E-state index contributed by atoms with van der Waals surface area (Å²) >= 11 is 0. The van der Waals surface area contributed by atoms with Crippen molar-refractivity contribution in [1.82, 2.24) is 20.6 Å². The minimum Gasteiger partial charge on any atom is -0.357 e. The van der Waals surface area contributed by atoms with Crippen LogP contribution in [-0.4, -0.2) is 41.6 Å². The molecular formula is C18H24FIN6. The Hall–Kier alpha value is -1.97. The summed E-state index contributed by atoms with van der Waals surface area (Å²) in [6.07, 6.45) is 4.29. The molecule has 0 bridgehead atoms. The van der Waals surface area contributed by atoms with Gasteiger partial charge in [-0.1, -0.05) is 6.07 Å². The van der Waals surface area contributed by atoms with Crippen LogP contribution in [-0.2, 0) is 6.54 Å². The molecule has 1 atom stereocenters. The Labute approximate surface area is 170 Å². The summed E-state index contributed by atoms with van der Waals surface area (Å²) in [5.74, 6) is 0.891. The summed E-state index contributed by atoms with van der Waals surface area (Å²) in [5, 5.41) is 6.67. The van der Waals surface area contributed by atoms with Crippen LogP contribution in [0.25, 0.3) is 0 Å². The molecule has 0 aromatic carbocycles. The van der Waals surface area contributed by atoms with Crippen molar-refractivity contribution in [3.63, 3.8) is 0 Å². The highest BCUT2D eigenvalue weighted by molar-refractivity contribution is 14.0. The van der Waals surface area contributed by atoms with Crippen LogP contribution in [0.4, 0.5) is 10.2 Å². The number of nitrogens with zero attached hydrogens (tertiary/aromatic N) is 4. The Morgan fingerprint density at radius 2 is 2.12 bits per heavy atom. The van der Waals surface area contributed by atoms with E-state index in [4.69, 9.17) is 0 Å². The smallest absolute Gasteiger partial charge is 0.191 e.